The second-order valence-corrected chi connectivity index (χ2v) is 9.01. The average Bonchev–Trinajstić information content (AvgIpc) is 2.68. The fraction of sp³-hybridized carbons (Fsp3) is 0.333. The molecule has 0 saturated carbocycles. The van der Waals surface area contributed by atoms with Crippen LogP contribution in [-0.4, -0.2) is 42.7 Å². The molecule has 1 amide bonds. The molecule has 33 heavy (non-hydrogen) atoms. The zero-order valence-corrected chi connectivity index (χ0v) is 18.4. The van der Waals surface area contributed by atoms with Gasteiger partial charge in [0.15, 0.2) is 0 Å². The maximum Gasteiger partial charge on any atom is 0.426 e. The number of anilines is 2. The van der Waals surface area contributed by atoms with Crippen LogP contribution in [0.5, 0.6) is 0 Å². The van der Waals surface area contributed by atoms with Crippen LogP contribution in [-0.2, 0) is 21.0 Å². The zero-order valence-electron chi connectivity index (χ0n) is 16.8. The third-order valence-corrected chi connectivity index (χ3v) is 6.58. The van der Waals surface area contributed by atoms with E-state index in [0.29, 0.717) is 16.6 Å². The van der Waals surface area contributed by atoms with Gasteiger partial charge in [0.2, 0.25) is 5.60 Å². The van der Waals surface area contributed by atoms with Crippen LogP contribution in [0.25, 0.3) is 0 Å². The van der Waals surface area contributed by atoms with Crippen molar-refractivity contribution in [3.05, 3.63) is 47.1 Å². The van der Waals surface area contributed by atoms with Gasteiger partial charge in [-0.25, -0.2) is 13.4 Å². The number of alkyl halides is 6. The van der Waals surface area contributed by atoms with Crippen LogP contribution in [0, 0.1) is 0 Å². The van der Waals surface area contributed by atoms with Gasteiger partial charge >= 0.3 is 12.4 Å². The lowest BCUT2D eigenvalue weighted by Gasteiger charge is -2.25. The SMILES string of the molecule is CCN(c1ccc(C(F)(F)F)cn1)S(=O)(=O)c1ccc(NC(=O)C(C)(O)C(F)(F)F)c(Cl)c1. The summed E-state index contributed by atoms with van der Waals surface area (Å²) < 4.78 is 103. The van der Waals surface area contributed by atoms with Gasteiger partial charge in [-0.15, -0.1) is 0 Å². The van der Waals surface area contributed by atoms with E-state index in [2.05, 4.69) is 4.98 Å². The van der Waals surface area contributed by atoms with E-state index in [-0.39, 0.29) is 19.3 Å². The molecule has 0 saturated heterocycles. The Kier molecular flexibility index (Phi) is 7.26. The lowest BCUT2D eigenvalue weighted by Crippen LogP contribution is -2.52. The first-order chi connectivity index (χ1) is 14.9. The van der Waals surface area contributed by atoms with Crippen molar-refractivity contribution in [2.24, 2.45) is 0 Å². The summed E-state index contributed by atoms with van der Waals surface area (Å²) in [5, 5.41) is 10.7. The molecular formula is C18H16ClF6N3O4S. The number of nitrogens with zero attached hydrogens (tertiary/aromatic N) is 2. The molecule has 7 nitrogen and oxygen atoms in total. The molecule has 0 aliphatic rings. The number of rotatable bonds is 6. The van der Waals surface area contributed by atoms with Crippen molar-refractivity contribution in [2.45, 2.75) is 36.7 Å². The number of benzene rings is 1. The number of aliphatic hydroxyl groups is 1. The number of sulfonamides is 1. The normalized spacial score (nSPS) is 14.5. The minimum atomic E-state index is -5.29. The van der Waals surface area contributed by atoms with Gasteiger partial charge in [0.25, 0.3) is 15.9 Å². The molecule has 1 aromatic heterocycles. The predicted octanol–water partition coefficient (Wildman–Crippen LogP) is 4.22. The Labute approximate surface area is 189 Å². The molecule has 182 valence electrons. The molecular weight excluding hydrogens is 504 g/mol. The number of carbonyl (C=O) groups excluding carboxylic acids is 1. The fourth-order valence-electron chi connectivity index (χ4n) is 2.41. The Morgan fingerprint density at radius 3 is 2.18 bits per heavy atom. The summed E-state index contributed by atoms with van der Waals surface area (Å²) in [6.07, 6.45) is -9.50. The molecule has 0 bridgehead atoms. The molecule has 1 unspecified atom stereocenters. The van der Waals surface area contributed by atoms with E-state index < -0.39 is 55.1 Å². The van der Waals surface area contributed by atoms with Gasteiger partial charge in [-0.3, -0.25) is 9.10 Å². The summed E-state index contributed by atoms with van der Waals surface area (Å²) in [5.74, 6) is -2.17. The number of carbonyl (C=O) groups is 1. The van der Waals surface area contributed by atoms with Crippen molar-refractivity contribution < 1.29 is 44.7 Å². The highest BCUT2D eigenvalue weighted by molar-refractivity contribution is 7.92. The Balaban J connectivity index is 2.36. The van der Waals surface area contributed by atoms with Crippen LogP contribution < -0.4 is 9.62 Å². The lowest BCUT2D eigenvalue weighted by atomic mass is 10.1. The molecule has 2 N–H and O–H groups in total. The van der Waals surface area contributed by atoms with Crippen LogP contribution in [0.1, 0.15) is 19.4 Å². The first-order valence-electron chi connectivity index (χ1n) is 8.89. The minimum Gasteiger partial charge on any atom is -0.373 e. The number of nitrogens with one attached hydrogen (secondary N) is 1. The van der Waals surface area contributed by atoms with Crippen LogP contribution in [0.4, 0.5) is 37.8 Å². The highest BCUT2D eigenvalue weighted by atomic mass is 35.5. The van der Waals surface area contributed by atoms with Crippen LogP contribution in [0.15, 0.2) is 41.4 Å². The zero-order chi connectivity index (χ0) is 25.4. The van der Waals surface area contributed by atoms with Crippen molar-refractivity contribution in [2.75, 3.05) is 16.2 Å². The summed E-state index contributed by atoms with van der Waals surface area (Å²) >= 11 is 5.91. The molecule has 2 aromatic rings. The van der Waals surface area contributed by atoms with Crippen LogP contribution in [0.2, 0.25) is 5.02 Å². The predicted molar refractivity (Wildman–Crippen MR) is 106 cm³/mol. The second-order valence-electron chi connectivity index (χ2n) is 6.74. The van der Waals surface area contributed by atoms with E-state index in [1.807, 2.05) is 0 Å². The molecule has 0 aliphatic heterocycles. The summed E-state index contributed by atoms with van der Waals surface area (Å²) in [7, 11) is -4.41. The number of amides is 1. The number of aromatic nitrogens is 1. The van der Waals surface area contributed by atoms with E-state index in [0.717, 1.165) is 24.3 Å². The number of halogens is 7. The Bertz CT molecular complexity index is 1140. The van der Waals surface area contributed by atoms with Gasteiger partial charge in [0.1, 0.15) is 5.82 Å². The first-order valence-corrected chi connectivity index (χ1v) is 10.7. The lowest BCUT2D eigenvalue weighted by molar-refractivity contribution is -0.242. The van der Waals surface area contributed by atoms with Crippen molar-refractivity contribution in [1.29, 1.82) is 0 Å². The van der Waals surface area contributed by atoms with Gasteiger partial charge in [-0.1, -0.05) is 11.6 Å². The summed E-state index contributed by atoms with van der Waals surface area (Å²) in [4.78, 5) is 14.9. The average molecular weight is 520 g/mol. The molecule has 0 spiro atoms. The Morgan fingerprint density at radius 2 is 1.76 bits per heavy atom. The highest BCUT2D eigenvalue weighted by Crippen LogP contribution is 2.34. The van der Waals surface area contributed by atoms with Crippen LogP contribution in [0.3, 0.4) is 0 Å². The number of pyridine rings is 1. The van der Waals surface area contributed by atoms with E-state index in [1.54, 1.807) is 5.32 Å². The highest BCUT2D eigenvalue weighted by Gasteiger charge is 2.55. The minimum absolute atomic E-state index is 0.227. The monoisotopic (exact) mass is 519 g/mol. The molecule has 1 heterocycles. The summed E-state index contributed by atoms with van der Waals surface area (Å²) in [5.41, 5.74) is -5.24. The molecule has 0 fully saturated rings. The van der Waals surface area contributed by atoms with Gasteiger partial charge in [0, 0.05) is 12.7 Å². The Hall–Kier alpha value is -2.58. The largest absolute Gasteiger partial charge is 0.426 e. The third-order valence-electron chi connectivity index (χ3n) is 4.39. The van der Waals surface area contributed by atoms with Gasteiger partial charge < -0.3 is 10.4 Å². The smallest absolute Gasteiger partial charge is 0.373 e. The first kappa shape index (κ1) is 26.7. The van der Waals surface area contributed by atoms with Crippen molar-refractivity contribution >= 4 is 39.0 Å². The second kappa shape index (κ2) is 8.99. The fourth-order valence-corrected chi connectivity index (χ4v) is 4.16. The van der Waals surface area contributed by atoms with Gasteiger partial charge in [-0.05, 0) is 44.2 Å². The quantitative estimate of drug-likeness (QED) is 0.557. The van der Waals surface area contributed by atoms with Crippen molar-refractivity contribution in [3.63, 3.8) is 0 Å². The van der Waals surface area contributed by atoms with Gasteiger partial charge in [-0.2, -0.15) is 26.3 Å². The number of hydrogen-bond acceptors (Lipinski definition) is 5. The number of hydrogen-bond donors (Lipinski definition) is 2. The van der Waals surface area contributed by atoms with Gasteiger partial charge in [0.05, 0.1) is 21.2 Å². The molecule has 1 atom stereocenters. The maximum atomic E-state index is 13.0. The molecule has 0 aliphatic carbocycles. The third kappa shape index (κ3) is 5.50. The molecule has 2 rings (SSSR count). The van der Waals surface area contributed by atoms with E-state index in [9.17, 15) is 44.7 Å². The maximum absolute atomic E-state index is 13.0. The molecule has 1 aromatic carbocycles. The van der Waals surface area contributed by atoms with Crippen molar-refractivity contribution in [1.82, 2.24) is 4.98 Å². The van der Waals surface area contributed by atoms with Crippen LogP contribution >= 0.6 is 11.6 Å². The summed E-state index contributed by atoms with van der Waals surface area (Å²) in [6.45, 7) is 1.39. The van der Waals surface area contributed by atoms with E-state index in [1.165, 1.54) is 6.92 Å². The summed E-state index contributed by atoms with van der Waals surface area (Å²) in [6, 6.07) is 4.14. The molecule has 0 radical (unpaired) electrons. The Morgan fingerprint density at radius 1 is 1.15 bits per heavy atom. The standard InChI is InChI=1S/C18H16ClF6N3O4S/c1-3-28(14-7-4-10(9-26-14)17(20,21)22)33(31,32)11-5-6-13(12(19)8-11)27-15(29)16(2,30)18(23,24)25/h4-9,30H,3H2,1-2H3,(H,27,29). The topological polar surface area (TPSA) is 99.6 Å². The van der Waals surface area contributed by atoms with E-state index in [4.69, 9.17) is 11.6 Å². The van der Waals surface area contributed by atoms with Crippen molar-refractivity contribution in [3.8, 4) is 0 Å². The molecule has 15 heteroatoms. The van der Waals surface area contributed by atoms with E-state index >= 15 is 0 Å².